The van der Waals surface area contributed by atoms with Crippen molar-refractivity contribution in [1.82, 2.24) is 9.97 Å². The summed E-state index contributed by atoms with van der Waals surface area (Å²) in [5.41, 5.74) is 3.25. The van der Waals surface area contributed by atoms with Gasteiger partial charge < -0.3 is 10.2 Å². The van der Waals surface area contributed by atoms with Crippen LogP contribution in [0.1, 0.15) is 35.4 Å². The van der Waals surface area contributed by atoms with Crippen molar-refractivity contribution in [3.8, 4) is 0 Å². The van der Waals surface area contributed by atoms with Gasteiger partial charge in [-0.1, -0.05) is 0 Å². The number of nitro groups is 1. The monoisotopic (exact) mass is 341 g/mol. The zero-order chi connectivity index (χ0) is 18.0. The molecule has 2 aromatic heterocycles. The van der Waals surface area contributed by atoms with Crippen LogP contribution in [0.25, 0.3) is 0 Å². The topological polar surface area (TPSA) is 84.2 Å². The molecular weight excluding hydrogens is 318 g/mol. The molecule has 0 aliphatic carbocycles. The molecular formula is C18H23N5O2. The number of nitrogens with zero attached hydrogens (tertiary/aromatic N) is 4. The summed E-state index contributed by atoms with van der Waals surface area (Å²) in [6.45, 7) is 8.13. The molecule has 0 amide bonds. The molecule has 2 aromatic rings. The number of aryl methyl sites for hydroxylation is 3. The van der Waals surface area contributed by atoms with Gasteiger partial charge in [0.1, 0.15) is 17.3 Å². The average Bonchev–Trinajstić information content (AvgIpc) is 3.06. The van der Waals surface area contributed by atoms with Crippen LogP contribution in [0.2, 0.25) is 0 Å². The lowest BCUT2D eigenvalue weighted by atomic mass is 10.2. The van der Waals surface area contributed by atoms with E-state index in [0.717, 1.165) is 30.2 Å². The van der Waals surface area contributed by atoms with E-state index in [9.17, 15) is 10.1 Å². The van der Waals surface area contributed by atoms with Gasteiger partial charge in [0.25, 0.3) is 5.69 Å². The molecule has 1 saturated heterocycles. The Bertz CT molecular complexity index is 777. The van der Waals surface area contributed by atoms with Crippen molar-refractivity contribution in [3.05, 3.63) is 50.8 Å². The lowest BCUT2D eigenvalue weighted by Gasteiger charge is -2.18. The molecule has 0 aromatic carbocycles. The van der Waals surface area contributed by atoms with Crippen LogP contribution in [0.15, 0.2) is 18.2 Å². The van der Waals surface area contributed by atoms with Gasteiger partial charge >= 0.3 is 0 Å². The summed E-state index contributed by atoms with van der Waals surface area (Å²) in [5.74, 6) is 1.68. The highest BCUT2D eigenvalue weighted by Gasteiger charge is 2.17. The lowest BCUT2D eigenvalue weighted by Crippen LogP contribution is -2.19. The number of anilines is 2. The Labute approximate surface area is 147 Å². The minimum Gasteiger partial charge on any atom is -0.366 e. The molecule has 1 fully saturated rings. The smallest absolute Gasteiger partial charge is 0.293 e. The summed E-state index contributed by atoms with van der Waals surface area (Å²) in [7, 11) is 0. The van der Waals surface area contributed by atoms with Crippen LogP contribution >= 0.6 is 0 Å². The maximum atomic E-state index is 11.1. The average molecular weight is 341 g/mol. The van der Waals surface area contributed by atoms with Crippen LogP contribution in [0, 0.1) is 30.9 Å². The van der Waals surface area contributed by atoms with E-state index in [0.29, 0.717) is 23.6 Å². The Morgan fingerprint density at radius 2 is 1.88 bits per heavy atom. The molecule has 1 aliphatic heterocycles. The first-order valence-corrected chi connectivity index (χ1v) is 8.53. The standard InChI is InChI=1S/C18H23N5O2/c1-12-8-16(21-14(3)18(12)23(24)25)19-11-15-9-13(2)20-17(10-15)22-6-4-5-7-22/h8-10H,4-7,11H2,1-3H3,(H,19,21). The van der Waals surface area contributed by atoms with Gasteiger partial charge in [0.2, 0.25) is 0 Å². The Morgan fingerprint density at radius 3 is 2.52 bits per heavy atom. The van der Waals surface area contributed by atoms with Gasteiger partial charge in [-0.05, 0) is 57.4 Å². The first-order valence-electron chi connectivity index (χ1n) is 8.53. The fourth-order valence-electron chi connectivity index (χ4n) is 3.32. The minimum absolute atomic E-state index is 0.0848. The van der Waals surface area contributed by atoms with Crippen molar-refractivity contribution >= 4 is 17.3 Å². The second-order valence-electron chi connectivity index (χ2n) is 6.54. The highest BCUT2D eigenvalue weighted by atomic mass is 16.6. The van der Waals surface area contributed by atoms with Crippen LogP contribution < -0.4 is 10.2 Å². The normalized spacial score (nSPS) is 14.0. The van der Waals surface area contributed by atoms with Gasteiger partial charge in [-0.25, -0.2) is 9.97 Å². The van der Waals surface area contributed by atoms with E-state index in [1.807, 2.05) is 6.92 Å². The van der Waals surface area contributed by atoms with Crippen LogP contribution in [-0.2, 0) is 6.54 Å². The fourth-order valence-corrected chi connectivity index (χ4v) is 3.32. The van der Waals surface area contributed by atoms with Gasteiger partial charge in [-0.15, -0.1) is 0 Å². The lowest BCUT2D eigenvalue weighted by molar-refractivity contribution is -0.386. The number of hydrogen-bond acceptors (Lipinski definition) is 6. The van der Waals surface area contributed by atoms with Gasteiger partial charge in [0, 0.05) is 30.9 Å². The Kier molecular flexibility index (Phi) is 4.83. The first kappa shape index (κ1) is 17.1. The Balaban J connectivity index is 1.76. The van der Waals surface area contributed by atoms with Crippen molar-refractivity contribution in [2.75, 3.05) is 23.3 Å². The van der Waals surface area contributed by atoms with Crippen molar-refractivity contribution < 1.29 is 4.92 Å². The van der Waals surface area contributed by atoms with E-state index in [4.69, 9.17) is 0 Å². The molecule has 0 radical (unpaired) electrons. The first-order chi connectivity index (χ1) is 11.9. The zero-order valence-corrected chi connectivity index (χ0v) is 14.9. The van der Waals surface area contributed by atoms with E-state index in [1.54, 1.807) is 19.9 Å². The summed E-state index contributed by atoms with van der Waals surface area (Å²) in [6, 6.07) is 5.88. The van der Waals surface area contributed by atoms with E-state index < -0.39 is 0 Å². The third-order valence-corrected chi connectivity index (χ3v) is 4.44. The largest absolute Gasteiger partial charge is 0.366 e. The van der Waals surface area contributed by atoms with Crippen molar-refractivity contribution in [3.63, 3.8) is 0 Å². The van der Waals surface area contributed by atoms with Crippen LogP contribution in [-0.4, -0.2) is 28.0 Å². The second kappa shape index (κ2) is 7.04. The molecule has 1 aliphatic rings. The van der Waals surface area contributed by atoms with Crippen LogP contribution in [0.4, 0.5) is 17.3 Å². The van der Waals surface area contributed by atoms with E-state index in [2.05, 4.69) is 32.3 Å². The zero-order valence-electron chi connectivity index (χ0n) is 14.9. The summed E-state index contributed by atoms with van der Waals surface area (Å²) in [6.07, 6.45) is 2.43. The van der Waals surface area contributed by atoms with Gasteiger partial charge in [0.05, 0.1) is 4.92 Å². The molecule has 0 atom stereocenters. The number of hydrogen-bond donors (Lipinski definition) is 1. The highest BCUT2D eigenvalue weighted by molar-refractivity contribution is 5.52. The quantitative estimate of drug-likeness (QED) is 0.661. The molecule has 7 heteroatoms. The van der Waals surface area contributed by atoms with Crippen molar-refractivity contribution in [2.24, 2.45) is 0 Å². The maximum Gasteiger partial charge on any atom is 0.293 e. The summed E-state index contributed by atoms with van der Waals surface area (Å²) in [4.78, 5) is 22.0. The third kappa shape index (κ3) is 3.87. The molecule has 0 spiro atoms. The van der Waals surface area contributed by atoms with Crippen molar-refractivity contribution in [1.29, 1.82) is 0 Å². The predicted molar refractivity (Wildman–Crippen MR) is 98.1 cm³/mol. The number of aromatic nitrogens is 2. The van der Waals surface area contributed by atoms with Crippen LogP contribution in [0.3, 0.4) is 0 Å². The minimum atomic E-state index is -0.379. The second-order valence-corrected chi connectivity index (χ2v) is 6.54. The number of nitrogens with one attached hydrogen (secondary N) is 1. The molecule has 3 heterocycles. The Morgan fingerprint density at radius 1 is 1.16 bits per heavy atom. The number of rotatable bonds is 5. The molecule has 0 saturated carbocycles. The molecule has 0 bridgehead atoms. The van der Waals surface area contributed by atoms with Gasteiger partial charge in [0.15, 0.2) is 0 Å². The number of pyridine rings is 2. The van der Waals surface area contributed by atoms with Gasteiger partial charge in [-0.3, -0.25) is 10.1 Å². The predicted octanol–water partition coefficient (Wildman–Crippen LogP) is 3.52. The SMILES string of the molecule is Cc1cc(CNc2cc(C)c([N+](=O)[O-])c(C)n2)cc(N2CCCC2)n1. The van der Waals surface area contributed by atoms with E-state index in [-0.39, 0.29) is 10.6 Å². The summed E-state index contributed by atoms with van der Waals surface area (Å²) in [5, 5.41) is 14.3. The van der Waals surface area contributed by atoms with Crippen LogP contribution in [0.5, 0.6) is 0 Å². The molecule has 1 N–H and O–H groups in total. The maximum absolute atomic E-state index is 11.1. The van der Waals surface area contributed by atoms with E-state index in [1.165, 1.54) is 12.8 Å². The molecule has 3 rings (SSSR count). The van der Waals surface area contributed by atoms with Crippen molar-refractivity contribution in [2.45, 2.75) is 40.2 Å². The molecule has 25 heavy (non-hydrogen) atoms. The molecule has 7 nitrogen and oxygen atoms in total. The molecule has 132 valence electrons. The summed E-state index contributed by atoms with van der Waals surface area (Å²) >= 11 is 0. The summed E-state index contributed by atoms with van der Waals surface area (Å²) < 4.78 is 0. The van der Waals surface area contributed by atoms with E-state index >= 15 is 0 Å². The van der Waals surface area contributed by atoms with Gasteiger partial charge in [-0.2, -0.15) is 0 Å². The Hall–Kier alpha value is -2.70. The fraction of sp³-hybridized carbons (Fsp3) is 0.444. The highest BCUT2D eigenvalue weighted by Crippen LogP contribution is 2.25. The molecule has 0 unspecified atom stereocenters. The third-order valence-electron chi connectivity index (χ3n) is 4.44.